The molecule has 0 spiro atoms. The minimum absolute atomic E-state index is 0.282. The topological polar surface area (TPSA) is 64.6 Å². The van der Waals surface area contributed by atoms with E-state index in [4.69, 9.17) is 4.74 Å². The molecule has 0 unspecified atom stereocenters. The molecule has 0 fully saturated rings. The molecule has 1 amide bonds. The van der Waals surface area contributed by atoms with E-state index in [0.717, 1.165) is 3.57 Å². The summed E-state index contributed by atoms with van der Waals surface area (Å²) in [6.07, 6.45) is 0. The van der Waals surface area contributed by atoms with Crippen molar-refractivity contribution in [3.8, 4) is 5.75 Å². The number of ether oxygens (including phenoxy) is 2. The average molecular weight is 411 g/mol. The maximum absolute atomic E-state index is 12.2. The van der Waals surface area contributed by atoms with Gasteiger partial charge in [-0.3, -0.25) is 4.79 Å². The quantitative estimate of drug-likeness (QED) is 0.620. The molecule has 0 saturated heterocycles. The Morgan fingerprint density at radius 2 is 1.64 bits per heavy atom. The van der Waals surface area contributed by atoms with Gasteiger partial charge >= 0.3 is 5.97 Å². The van der Waals surface area contributed by atoms with Crippen LogP contribution in [0.2, 0.25) is 0 Å². The minimum atomic E-state index is -0.439. The number of benzene rings is 2. The molecule has 1 N–H and O–H groups in total. The van der Waals surface area contributed by atoms with Crippen LogP contribution in [0.4, 0.5) is 5.69 Å². The zero-order valence-corrected chi connectivity index (χ0v) is 14.2. The van der Waals surface area contributed by atoms with Crippen molar-refractivity contribution in [2.24, 2.45) is 0 Å². The minimum Gasteiger partial charge on any atom is -0.495 e. The van der Waals surface area contributed by atoms with Gasteiger partial charge in [0.05, 0.1) is 25.5 Å². The number of halogens is 1. The van der Waals surface area contributed by atoms with Crippen LogP contribution >= 0.6 is 22.6 Å². The fourth-order valence-corrected chi connectivity index (χ4v) is 2.30. The van der Waals surface area contributed by atoms with E-state index < -0.39 is 5.97 Å². The van der Waals surface area contributed by atoms with Crippen molar-refractivity contribution < 1.29 is 19.1 Å². The van der Waals surface area contributed by atoms with E-state index in [-0.39, 0.29) is 5.91 Å². The molecule has 0 radical (unpaired) electrons. The third-order valence-corrected chi connectivity index (χ3v) is 3.65. The predicted octanol–water partition coefficient (Wildman–Crippen LogP) is 3.34. The van der Waals surface area contributed by atoms with E-state index in [1.165, 1.54) is 7.11 Å². The molecule has 0 aliphatic carbocycles. The van der Waals surface area contributed by atoms with Gasteiger partial charge in [0.15, 0.2) is 0 Å². The fourth-order valence-electron chi connectivity index (χ4n) is 1.84. The third-order valence-electron chi connectivity index (χ3n) is 2.98. The number of esters is 1. The Morgan fingerprint density at radius 3 is 2.23 bits per heavy atom. The summed E-state index contributed by atoms with van der Waals surface area (Å²) < 4.78 is 10.9. The molecule has 0 heterocycles. The van der Waals surface area contributed by atoms with E-state index in [9.17, 15) is 9.59 Å². The highest BCUT2D eigenvalue weighted by molar-refractivity contribution is 14.1. The van der Waals surface area contributed by atoms with Gasteiger partial charge in [-0.2, -0.15) is 0 Å². The highest BCUT2D eigenvalue weighted by atomic mass is 127. The Kier molecular flexibility index (Phi) is 5.37. The van der Waals surface area contributed by atoms with Crippen molar-refractivity contribution >= 4 is 40.2 Å². The largest absolute Gasteiger partial charge is 0.495 e. The van der Waals surface area contributed by atoms with E-state index in [1.54, 1.807) is 37.4 Å². The van der Waals surface area contributed by atoms with Crippen LogP contribution in [-0.2, 0) is 4.74 Å². The molecule has 0 atom stereocenters. The van der Waals surface area contributed by atoms with Gasteiger partial charge < -0.3 is 14.8 Å². The number of nitrogens with one attached hydrogen (secondary N) is 1. The summed E-state index contributed by atoms with van der Waals surface area (Å²) in [4.78, 5) is 23.6. The van der Waals surface area contributed by atoms with Crippen LogP contribution < -0.4 is 10.1 Å². The lowest BCUT2D eigenvalue weighted by Gasteiger charge is -2.10. The molecular formula is C16H14INO4. The average Bonchev–Trinajstić information content (AvgIpc) is 2.55. The summed E-state index contributed by atoms with van der Waals surface area (Å²) in [5.74, 6) is -0.131. The lowest BCUT2D eigenvalue weighted by atomic mass is 10.1. The zero-order valence-electron chi connectivity index (χ0n) is 12.1. The van der Waals surface area contributed by atoms with Gasteiger partial charge in [-0.05, 0) is 65.1 Å². The molecule has 0 aliphatic heterocycles. The first-order valence-corrected chi connectivity index (χ1v) is 7.46. The van der Waals surface area contributed by atoms with E-state index in [1.807, 2.05) is 12.1 Å². The summed E-state index contributed by atoms with van der Waals surface area (Å²) in [6.45, 7) is 0. The zero-order chi connectivity index (χ0) is 16.1. The van der Waals surface area contributed by atoms with Crippen LogP contribution in [0, 0.1) is 3.57 Å². The Labute approximate surface area is 141 Å². The molecule has 6 heteroatoms. The number of rotatable bonds is 4. The fraction of sp³-hybridized carbons (Fsp3) is 0.125. The lowest BCUT2D eigenvalue weighted by molar-refractivity contribution is 0.0600. The van der Waals surface area contributed by atoms with Crippen LogP contribution in [0.3, 0.4) is 0 Å². The van der Waals surface area contributed by atoms with Crippen molar-refractivity contribution in [1.82, 2.24) is 0 Å². The number of anilines is 1. The van der Waals surface area contributed by atoms with Gasteiger partial charge in [-0.25, -0.2) is 4.79 Å². The maximum Gasteiger partial charge on any atom is 0.337 e. The van der Waals surface area contributed by atoms with Crippen LogP contribution in [0.15, 0.2) is 42.5 Å². The van der Waals surface area contributed by atoms with Gasteiger partial charge in [0.2, 0.25) is 0 Å². The Morgan fingerprint density at radius 1 is 1.00 bits per heavy atom. The van der Waals surface area contributed by atoms with Crippen LogP contribution in [-0.4, -0.2) is 26.1 Å². The second kappa shape index (κ2) is 7.26. The van der Waals surface area contributed by atoms with Gasteiger partial charge in [-0.15, -0.1) is 0 Å². The summed E-state index contributed by atoms with van der Waals surface area (Å²) in [7, 11) is 2.86. The van der Waals surface area contributed by atoms with Crippen molar-refractivity contribution in [3.05, 3.63) is 57.2 Å². The second-order valence-corrected chi connectivity index (χ2v) is 5.61. The van der Waals surface area contributed by atoms with E-state index in [0.29, 0.717) is 22.6 Å². The monoisotopic (exact) mass is 411 g/mol. The number of hydrogen-bond donors (Lipinski definition) is 1. The van der Waals surface area contributed by atoms with Gasteiger partial charge in [0.25, 0.3) is 5.91 Å². The van der Waals surface area contributed by atoms with Crippen LogP contribution in [0.25, 0.3) is 0 Å². The third kappa shape index (κ3) is 3.76. The Balaban J connectivity index is 2.17. The van der Waals surface area contributed by atoms with E-state index in [2.05, 4.69) is 32.6 Å². The normalized spacial score (nSPS) is 9.95. The first kappa shape index (κ1) is 16.3. The highest BCUT2D eigenvalue weighted by Crippen LogP contribution is 2.26. The molecule has 0 aliphatic rings. The molecule has 0 aromatic heterocycles. The van der Waals surface area contributed by atoms with Crippen molar-refractivity contribution in [1.29, 1.82) is 0 Å². The molecular weight excluding hydrogens is 397 g/mol. The standard InChI is InChI=1S/C16H14INO4/c1-21-14-9-12(17)7-8-13(14)18-15(19)10-3-5-11(6-4-10)16(20)22-2/h3-9H,1-2H3,(H,18,19). The van der Waals surface area contributed by atoms with Gasteiger partial charge in [-0.1, -0.05) is 0 Å². The molecule has 0 bridgehead atoms. The number of methoxy groups -OCH3 is 2. The molecule has 2 aromatic carbocycles. The predicted molar refractivity (Wildman–Crippen MR) is 91.4 cm³/mol. The highest BCUT2D eigenvalue weighted by Gasteiger charge is 2.11. The number of hydrogen-bond acceptors (Lipinski definition) is 4. The van der Waals surface area contributed by atoms with Crippen LogP contribution in [0.5, 0.6) is 5.75 Å². The van der Waals surface area contributed by atoms with Crippen LogP contribution in [0.1, 0.15) is 20.7 Å². The summed E-state index contributed by atoms with van der Waals surface area (Å²) in [6, 6.07) is 11.7. The summed E-state index contributed by atoms with van der Waals surface area (Å²) in [5, 5.41) is 2.78. The summed E-state index contributed by atoms with van der Waals surface area (Å²) >= 11 is 2.17. The lowest BCUT2D eigenvalue weighted by Crippen LogP contribution is -2.13. The van der Waals surface area contributed by atoms with Gasteiger partial charge in [0, 0.05) is 9.13 Å². The molecule has 0 saturated carbocycles. The van der Waals surface area contributed by atoms with Crippen molar-refractivity contribution in [2.45, 2.75) is 0 Å². The van der Waals surface area contributed by atoms with Crippen molar-refractivity contribution in [2.75, 3.05) is 19.5 Å². The Bertz CT molecular complexity index is 698. The number of carbonyl (C=O) groups is 2. The number of carbonyl (C=O) groups excluding carboxylic acids is 2. The van der Waals surface area contributed by atoms with Gasteiger partial charge in [0.1, 0.15) is 5.75 Å². The molecule has 114 valence electrons. The molecule has 2 aromatic rings. The molecule has 5 nitrogen and oxygen atoms in total. The van der Waals surface area contributed by atoms with E-state index >= 15 is 0 Å². The second-order valence-electron chi connectivity index (χ2n) is 4.37. The smallest absolute Gasteiger partial charge is 0.337 e. The Hall–Kier alpha value is -2.09. The maximum atomic E-state index is 12.2. The summed E-state index contributed by atoms with van der Waals surface area (Å²) in [5.41, 5.74) is 1.42. The molecule has 22 heavy (non-hydrogen) atoms. The SMILES string of the molecule is COC(=O)c1ccc(C(=O)Nc2ccc(I)cc2OC)cc1. The first-order valence-electron chi connectivity index (χ1n) is 6.38. The first-order chi connectivity index (χ1) is 10.5. The van der Waals surface area contributed by atoms with Crippen molar-refractivity contribution in [3.63, 3.8) is 0 Å². The number of amides is 1. The molecule has 2 rings (SSSR count).